The number of carbonyl (C=O) groups excluding carboxylic acids is 1. The average Bonchev–Trinajstić information content (AvgIpc) is 2.49. The van der Waals surface area contributed by atoms with E-state index in [1.54, 1.807) is 30.7 Å². The maximum atomic E-state index is 11.8. The molecule has 1 fully saturated rings. The van der Waals surface area contributed by atoms with Gasteiger partial charge in [0.2, 0.25) is 5.91 Å². The van der Waals surface area contributed by atoms with Gasteiger partial charge in [0.15, 0.2) is 0 Å². The molecule has 4 nitrogen and oxygen atoms in total. The first kappa shape index (κ1) is 14.7. The van der Waals surface area contributed by atoms with E-state index in [-0.39, 0.29) is 5.91 Å². The highest BCUT2D eigenvalue weighted by Gasteiger charge is 2.21. The molecule has 20 heavy (non-hydrogen) atoms. The largest absolute Gasteiger partial charge is 0.350 e. The van der Waals surface area contributed by atoms with Crippen molar-refractivity contribution in [3.63, 3.8) is 0 Å². The Morgan fingerprint density at radius 2 is 2.15 bits per heavy atom. The van der Waals surface area contributed by atoms with Crippen LogP contribution in [0.4, 0.5) is 0 Å². The van der Waals surface area contributed by atoms with Crippen LogP contribution in [0.25, 0.3) is 6.08 Å². The quantitative estimate of drug-likeness (QED) is 0.839. The van der Waals surface area contributed by atoms with Crippen molar-refractivity contribution in [3.05, 3.63) is 30.4 Å². The Kier molecular flexibility index (Phi) is 5.71. The van der Waals surface area contributed by atoms with Gasteiger partial charge < -0.3 is 5.32 Å². The summed E-state index contributed by atoms with van der Waals surface area (Å²) in [5, 5.41) is 3.08. The van der Waals surface area contributed by atoms with Crippen LogP contribution in [0, 0.1) is 5.92 Å². The number of nitrogens with one attached hydrogen (secondary N) is 1. The molecule has 1 aliphatic carbocycles. The van der Waals surface area contributed by atoms with Crippen LogP contribution in [0.5, 0.6) is 0 Å². The van der Waals surface area contributed by atoms with Gasteiger partial charge in [0, 0.05) is 24.5 Å². The zero-order valence-electron chi connectivity index (χ0n) is 12.1. The molecule has 0 saturated heterocycles. The number of nitrogens with zero attached hydrogens (tertiary/aromatic N) is 2. The first-order chi connectivity index (χ1) is 9.78. The molecule has 0 atom stereocenters. The molecule has 108 valence electrons. The molecule has 1 N–H and O–H groups in total. The maximum absolute atomic E-state index is 11.8. The number of rotatable bonds is 5. The van der Waals surface area contributed by atoms with Crippen LogP contribution in [-0.4, -0.2) is 21.9 Å². The second kappa shape index (κ2) is 7.78. The van der Waals surface area contributed by atoms with Gasteiger partial charge >= 0.3 is 0 Å². The molecule has 0 aromatic carbocycles. The first-order valence-electron chi connectivity index (χ1n) is 7.52. The summed E-state index contributed by atoms with van der Waals surface area (Å²) < 4.78 is 0. The summed E-state index contributed by atoms with van der Waals surface area (Å²) in [7, 11) is 0. The molecule has 1 heterocycles. The van der Waals surface area contributed by atoms with E-state index in [0.29, 0.717) is 11.7 Å². The number of amides is 1. The van der Waals surface area contributed by atoms with Crippen LogP contribution in [0.2, 0.25) is 0 Å². The van der Waals surface area contributed by atoms with Crippen LogP contribution in [0.15, 0.2) is 24.7 Å². The summed E-state index contributed by atoms with van der Waals surface area (Å²) in [4.78, 5) is 19.9. The minimum atomic E-state index is -0.0328. The van der Waals surface area contributed by atoms with E-state index in [1.807, 2.05) is 0 Å². The lowest BCUT2D eigenvalue weighted by atomic mass is 9.83. The third-order valence-corrected chi connectivity index (χ3v) is 3.88. The van der Waals surface area contributed by atoms with Crippen LogP contribution in [-0.2, 0) is 4.79 Å². The van der Waals surface area contributed by atoms with E-state index in [1.165, 1.54) is 25.7 Å². The Morgan fingerprint density at radius 1 is 1.35 bits per heavy atom. The molecule has 2 rings (SSSR count). The van der Waals surface area contributed by atoms with Gasteiger partial charge in [-0.15, -0.1) is 0 Å². The average molecular weight is 273 g/mol. The fourth-order valence-corrected chi connectivity index (χ4v) is 2.81. The topological polar surface area (TPSA) is 54.9 Å². The van der Waals surface area contributed by atoms with E-state index in [0.717, 1.165) is 18.8 Å². The van der Waals surface area contributed by atoms with Crippen molar-refractivity contribution in [2.45, 2.75) is 51.5 Å². The third kappa shape index (κ3) is 4.76. The van der Waals surface area contributed by atoms with Crippen molar-refractivity contribution in [2.24, 2.45) is 5.92 Å². The fourth-order valence-electron chi connectivity index (χ4n) is 2.81. The highest BCUT2D eigenvalue weighted by atomic mass is 16.1. The van der Waals surface area contributed by atoms with E-state index < -0.39 is 0 Å². The molecule has 1 saturated carbocycles. The molecule has 0 unspecified atom stereocenters. The van der Waals surface area contributed by atoms with Crippen molar-refractivity contribution in [3.8, 4) is 0 Å². The van der Waals surface area contributed by atoms with Crippen molar-refractivity contribution in [1.82, 2.24) is 15.3 Å². The van der Waals surface area contributed by atoms with E-state index in [2.05, 4.69) is 22.2 Å². The SMILES string of the molecule is CCCC1CCC(NC(=O)C=Cc2cnccn2)CC1. The Labute approximate surface area is 120 Å². The zero-order valence-corrected chi connectivity index (χ0v) is 12.1. The minimum absolute atomic E-state index is 0.0328. The van der Waals surface area contributed by atoms with Gasteiger partial charge in [-0.25, -0.2) is 0 Å². The summed E-state index contributed by atoms with van der Waals surface area (Å²) in [6, 6.07) is 0.335. The third-order valence-electron chi connectivity index (χ3n) is 3.88. The van der Waals surface area contributed by atoms with Gasteiger partial charge in [-0.1, -0.05) is 19.8 Å². The molecule has 0 aliphatic heterocycles. The van der Waals surface area contributed by atoms with E-state index >= 15 is 0 Å². The monoisotopic (exact) mass is 273 g/mol. The normalized spacial score (nSPS) is 22.9. The second-order valence-corrected chi connectivity index (χ2v) is 5.48. The summed E-state index contributed by atoms with van der Waals surface area (Å²) in [6.45, 7) is 2.24. The molecular formula is C16H23N3O. The van der Waals surface area contributed by atoms with Gasteiger partial charge in [-0.05, 0) is 37.7 Å². The maximum Gasteiger partial charge on any atom is 0.244 e. The highest BCUT2D eigenvalue weighted by Crippen LogP contribution is 2.27. The highest BCUT2D eigenvalue weighted by molar-refractivity contribution is 5.91. The lowest BCUT2D eigenvalue weighted by molar-refractivity contribution is -0.117. The lowest BCUT2D eigenvalue weighted by Crippen LogP contribution is -2.36. The van der Waals surface area contributed by atoms with Gasteiger partial charge in [-0.2, -0.15) is 0 Å². The van der Waals surface area contributed by atoms with E-state index in [4.69, 9.17) is 0 Å². The standard InChI is InChI=1S/C16H23N3O/c1-2-3-13-4-6-14(7-5-13)19-16(20)9-8-15-12-17-10-11-18-15/h8-14H,2-7H2,1H3,(H,19,20). The van der Waals surface area contributed by atoms with Gasteiger partial charge in [-0.3, -0.25) is 14.8 Å². The molecule has 0 radical (unpaired) electrons. The zero-order chi connectivity index (χ0) is 14.2. The summed E-state index contributed by atoms with van der Waals surface area (Å²) in [5.74, 6) is 0.831. The summed E-state index contributed by atoms with van der Waals surface area (Å²) in [6.07, 6.45) is 15.4. The summed E-state index contributed by atoms with van der Waals surface area (Å²) >= 11 is 0. The second-order valence-electron chi connectivity index (χ2n) is 5.48. The van der Waals surface area contributed by atoms with Crippen LogP contribution < -0.4 is 5.32 Å². The Bertz CT molecular complexity index is 436. The molecule has 1 aliphatic rings. The minimum Gasteiger partial charge on any atom is -0.350 e. The van der Waals surface area contributed by atoms with Crippen LogP contribution >= 0.6 is 0 Å². The number of carbonyl (C=O) groups is 1. The predicted octanol–water partition coefficient (Wildman–Crippen LogP) is 2.96. The molecule has 4 heteroatoms. The predicted molar refractivity (Wildman–Crippen MR) is 79.9 cm³/mol. The number of hydrogen-bond acceptors (Lipinski definition) is 3. The molecule has 1 amide bonds. The van der Waals surface area contributed by atoms with Gasteiger partial charge in [0.1, 0.15) is 0 Å². The summed E-state index contributed by atoms with van der Waals surface area (Å²) in [5.41, 5.74) is 0.703. The molecule has 0 bridgehead atoms. The first-order valence-corrected chi connectivity index (χ1v) is 7.52. The van der Waals surface area contributed by atoms with Gasteiger partial charge in [0.25, 0.3) is 0 Å². The fraction of sp³-hybridized carbons (Fsp3) is 0.562. The van der Waals surface area contributed by atoms with Crippen molar-refractivity contribution < 1.29 is 4.79 Å². The molecule has 0 spiro atoms. The lowest BCUT2D eigenvalue weighted by Gasteiger charge is -2.28. The van der Waals surface area contributed by atoms with Crippen LogP contribution in [0.3, 0.4) is 0 Å². The van der Waals surface area contributed by atoms with Crippen molar-refractivity contribution in [1.29, 1.82) is 0 Å². The van der Waals surface area contributed by atoms with Crippen LogP contribution in [0.1, 0.15) is 51.1 Å². The van der Waals surface area contributed by atoms with Crippen molar-refractivity contribution >= 4 is 12.0 Å². The van der Waals surface area contributed by atoms with E-state index in [9.17, 15) is 4.79 Å². The van der Waals surface area contributed by atoms with Gasteiger partial charge in [0.05, 0.1) is 11.9 Å². The Hall–Kier alpha value is -1.71. The number of aromatic nitrogens is 2. The Morgan fingerprint density at radius 3 is 2.80 bits per heavy atom. The molecule has 1 aromatic heterocycles. The Balaban J connectivity index is 1.74. The number of hydrogen-bond donors (Lipinski definition) is 1. The smallest absolute Gasteiger partial charge is 0.244 e. The van der Waals surface area contributed by atoms with Crippen molar-refractivity contribution in [2.75, 3.05) is 0 Å². The molecule has 1 aromatic rings. The molecular weight excluding hydrogens is 250 g/mol.